The van der Waals surface area contributed by atoms with Crippen molar-refractivity contribution in [1.82, 2.24) is 13.7 Å². The molecule has 0 unspecified atom stereocenters. The van der Waals surface area contributed by atoms with Crippen molar-refractivity contribution in [3.05, 3.63) is 309 Å². The van der Waals surface area contributed by atoms with Gasteiger partial charge in [0.05, 0.1) is 33.1 Å². The summed E-state index contributed by atoms with van der Waals surface area (Å²) in [4.78, 5) is 0. The first-order chi connectivity index (χ1) is 40.7. The van der Waals surface area contributed by atoms with Gasteiger partial charge in [0, 0.05) is 54.8 Å². The van der Waals surface area contributed by atoms with E-state index in [1.54, 1.807) is 0 Å². The molecule has 4 heteroatoms. The highest BCUT2D eigenvalue weighted by molar-refractivity contribution is 7.20. The summed E-state index contributed by atoms with van der Waals surface area (Å²) in [6.07, 6.45) is 0. The first kappa shape index (κ1) is 46.4. The second-order valence-electron chi connectivity index (χ2n) is 21.9. The van der Waals surface area contributed by atoms with Crippen LogP contribution in [-0.2, 0) is 0 Å². The Morgan fingerprint density at radius 1 is 0.183 bits per heavy atom. The Bertz CT molecular complexity index is 5270. The van der Waals surface area contributed by atoms with Crippen LogP contribution in [0, 0.1) is 0 Å². The average molecular weight is 1060 g/mol. The second kappa shape index (κ2) is 18.3. The Morgan fingerprint density at radius 2 is 0.549 bits per heavy atom. The minimum absolute atomic E-state index is 1.12. The zero-order chi connectivity index (χ0) is 53.9. The highest BCUT2D eigenvalue weighted by Crippen LogP contribution is 2.45. The molecule has 14 aromatic carbocycles. The van der Waals surface area contributed by atoms with Gasteiger partial charge >= 0.3 is 0 Å². The van der Waals surface area contributed by atoms with Crippen LogP contribution in [0.3, 0.4) is 0 Å². The van der Waals surface area contributed by atoms with Crippen molar-refractivity contribution in [2.75, 3.05) is 0 Å². The summed E-state index contributed by atoms with van der Waals surface area (Å²) >= 11 is 0. The molecule has 17 rings (SSSR count). The zero-order valence-electron chi connectivity index (χ0n) is 44.8. The van der Waals surface area contributed by atoms with E-state index in [9.17, 15) is 0 Å². The quantitative estimate of drug-likeness (QED) is 0.0818. The molecule has 0 N–H and O–H groups in total. The number of benzene rings is 14. The fraction of sp³-hybridized carbons (Fsp3) is 0. The topological polar surface area (TPSA) is 14.8 Å². The number of fused-ring (bicyclic) bond motifs is 16. The van der Waals surface area contributed by atoms with Gasteiger partial charge in [0.25, 0.3) is 0 Å². The summed E-state index contributed by atoms with van der Waals surface area (Å²) in [5.41, 5.74) is 12.9. The summed E-state index contributed by atoms with van der Waals surface area (Å²) in [5, 5.41) is 20.3. The molecule has 0 aliphatic heterocycles. The summed E-state index contributed by atoms with van der Waals surface area (Å²) in [6, 6.07) is 116. The van der Waals surface area contributed by atoms with E-state index >= 15 is 0 Å². The van der Waals surface area contributed by atoms with E-state index in [-0.39, 0.29) is 0 Å². The van der Waals surface area contributed by atoms with Gasteiger partial charge < -0.3 is 13.7 Å². The number of para-hydroxylation sites is 3. The minimum atomic E-state index is -3.02. The van der Waals surface area contributed by atoms with Crippen LogP contribution in [0.4, 0.5) is 0 Å². The predicted octanol–water partition coefficient (Wildman–Crippen LogP) is 17.5. The van der Waals surface area contributed by atoms with E-state index in [0.29, 0.717) is 0 Å². The van der Waals surface area contributed by atoms with E-state index in [1.165, 1.54) is 124 Å². The first-order valence-corrected chi connectivity index (χ1v) is 30.4. The molecule has 3 aromatic heterocycles. The molecule has 0 atom stereocenters. The number of nitrogens with zero attached hydrogens (tertiary/aromatic N) is 3. The molecule has 382 valence electrons. The predicted molar refractivity (Wildman–Crippen MR) is 351 cm³/mol. The van der Waals surface area contributed by atoms with Crippen molar-refractivity contribution in [3.63, 3.8) is 0 Å². The lowest BCUT2D eigenvalue weighted by Gasteiger charge is -2.35. The Labute approximate surface area is 475 Å². The molecule has 0 bridgehead atoms. The van der Waals surface area contributed by atoms with E-state index in [0.717, 1.165) is 22.6 Å². The maximum absolute atomic E-state index is 3.02. The summed E-state index contributed by atoms with van der Waals surface area (Å²) < 4.78 is 7.48. The van der Waals surface area contributed by atoms with Gasteiger partial charge in [-0.25, -0.2) is 0 Å². The van der Waals surface area contributed by atoms with Crippen LogP contribution in [0.5, 0.6) is 0 Å². The lowest BCUT2D eigenvalue weighted by atomic mass is 9.92. The number of hydrogen-bond acceptors (Lipinski definition) is 0. The van der Waals surface area contributed by atoms with Crippen molar-refractivity contribution >= 4 is 127 Å². The van der Waals surface area contributed by atoms with Crippen LogP contribution in [0.15, 0.2) is 309 Å². The molecular formula is C78H51N3Si. The van der Waals surface area contributed by atoms with Crippen LogP contribution >= 0.6 is 0 Å². The molecule has 0 aliphatic rings. The minimum Gasteiger partial charge on any atom is -0.309 e. The van der Waals surface area contributed by atoms with Crippen LogP contribution in [0.1, 0.15) is 0 Å². The second-order valence-corrected chi connectivity index (χ2v) is 25.7. The standard InChI is InChI=1S/C78H51N3Si/c1-4-22-52(23-5-1)53-24-20-30-59(48-53)82(57-26-6-2-7-27-57,58-28-8-3-9-29-58)60-31-21-25-54(49-60)81-75-46-43-56(51-70(75)78-76(81)47-44-68-63-34-11-10-32-61(63)62-33-12-13-38-67(62)77(68)78)80-73-41-19-16-37-66(73)69-50-55(42-45-74(69)80)79-71-39-17-14-35-64(71)65-36-15-18-40-72(65)79/h1-51H. The normalized spacial score (nSPS) is 12.1. The highest BCUT2D eigenvalue weighted by Gasteiger charge is 2.42. The third-order valence-electron chi connectivity index (χ3n) is 17.7. The fourth-order valence-corrected chi connectivity index (χ4v) is 19.1. The third-order valence-corrected chi connectivity index (χ3v) is 22.5. The van der Waals surface area contributed by atoms with Gasteiger partial charge in [-0.3, -0.25) is 0 Å². The van der Waals surface area contributed by atoms with Gasteiger partial charge in [0.2, 0.25) is 0 Å². The van der Waals surface area contributed by atoms with Gasteiger partial charge in [-0.1, -0.05) is 237 Å². The van der Waals surface area contributed by atoms with Crippen molar-refractivity contribution in [2.24, 2.45) is 0 Å². The molecule has 0 amide bonds. The summed E-state index contributed by atoms with van der Waals surface area (Å²) in [6.45, 7) is 0. The van der Waals surface area contributed by atoms with E-state index in [2.05, 4.69) is 323 Å². The molecule has 17 aromatic rings. The van der Waals surface area contributed by atoms with Gasteiger partial charge in [-0.2, -0.15) is 0 Å². The highest BCUT2D eigenvalue weighted by atomic mass is 28.3. The van der Waals surface area contributed by atoms with Gasteiger partial charge in [0.15, 0.2) is 8.07 Å². The Balaban J connectivity index is 0.946. The van der Waals surface area contributed by atoms with Crippen LogP contribution in [-0.4, -0.2) is 21.8 Å². The maximum atomic E-state index is 2.56. The fourth-order valence-electron chi connectivity index (χ4n) is 14.3. The number of hydrogen-bond donors (Lipinski definition) is 0. The Kier molecular flexibility index (Phi) is 10.3. The van der Waals surface area contributed by atoms with Crippen molar-refractivity contribution in [3.8, 4) is 28.2 Å². The van der Waals surface area contributed by atoms with E-state index in [4.69, 9.17) is 0 Å². The van der Waals surface area contributed by atoms with Gasteiger partial charge in [-0.05, 0) is 132 Å². The third kappa shape index (κ3) is 6.76. The molecule has 0 radical (unpaired) electrons. The smallest absolute Gasteiger partial charge is 0.179 e. The Hall–Kier alpha value is -10.5. The summed E-state index contributed by atoms with van der Waals surface area (Å²) in [7, 11) is -3.02. The molecular weight excluding hydrogens is 1010 g/mol. The van der Waals surface area contributed by atoms with Crippen LogP contribution in [0.25, 0.3) is 126 Å². The molecule has 3 heterocycles. The van der Waals surface area contributed by atoms with Crippen molar-refractivity contribution in [1.29, 1.82) is 0 Å². The molecule has 0 aliphatic carbocycles. The van der Waals surface area contributed by atoms with Crippen LogP contribution in [0.2, 0.25) is 0 Å². The molecule has 0 saturated carbocycles. The zero-order valence-corrected chi connectivity index (χ0v) is 45.8. The SMILES string of the molecule is c1ccc(-c2cccc([Si](c3ccccc3)(c3ccccc3)c3cccc(-n4c5ccc(-n6c7ccccc7c7cc(-n8c9ccccc9c9ccccc98)ccc76)cc5c5c6c7ccccc7c7ccccc7c6ccc54)c3)c2)cc1. The molecule has 0 spiro atoms. The van der Waals surface area contributed by atoms with Gasteiger partial charge in [0.1, 0.15) is 0 Å². The van der Waals surface area contributed by atoms with Gasteiger partial charge in [-0.15, -0.1) is 0 Å². The Morgan fingerprint density at radius 3 is 1.13 bits per heavy atom. The van der Waals surface area contributed by atoms with Crippen molar-refractivity contribution in [2.45, 2.75) is 0 Å². The van der Waals surface area contributed by atoms with E-state index < -0.39 is 8.07 Å². The van der Waals surface area contributed by atoms with Crippen molar-refractivity contribution < 1.29 is 0 Å². The molecule has 3 nitrogen and oxygen atoms in total. The van der Waals surface area contributed by atoms with E-state index in [1.807, 2.05) is 0 Å². The average Bonchev–Trinajstić information content (AvgIpc) is 2.27. The number of aromatic nitrogens is 3. The number of rotatable bonds is 8. The first-order valence-electron chi connectivity index (χ1n) is 28.4. The molecule has 0 fully saturated rings. The lowest BCUT2D eigenvalue weighted by molar-refractivity contribution is 1.16. The largest absolute Gasteiger partial charge is 0.309 e. The molecule has 82 heavy (non-hydrogen) atoms. The summed E-state index contributed by atoms with van der Waals surface area (Å²) in [5.74, 6) is 0. The maximum Gasteiger partial charge on any atom is 0.179 e. The molecule has 0 saturated heterocycles. The van der Waals surface area contributed by atoms with Crippen LogP contribution < -0.4 is 20.7 Å². The monoisotopic (exact) mass is 1060 g/mol. The lowest BCUT2D eigenvalue weighted by Crippen LogP contribution is -2.74.